The van der Waals surface area contributed by atoms with Gasteiger partial charge in [0.2, 0.25) is 10.8 Å². The van der Waals surface area contributed by atoms with Crippen molar-refractivity contribution >= 4 is 34.1 Å². The third kappa shape index (κ3) is 9.77. The molecular formula is C21H19Cl4N7OZn. The van der Waals surface area contributed by atoms with Crippen LogP contribution in [0.4, 0.5) is 34.1 Å². The van der Waals surface area contributed by atoms with Crippen molar-refractivity contribution < 1.29 is 73.8 Å². The van der Waals surface area contributed by atoms with Crippen LogP contribution >= 0.6 is 0 Å². The fourth-order valence-corrected chi connectivity index (χ4v) is 2.62. The van der Waals surface area contributed by atoms with E-state index in [9.17, 15) is 0 Å². The predicted octanol–water partition coefficient (Wildman–Crippen LogP) is -4.46. The van der Waals surface area contributed by atoms with Gasteiger partial charge in [0.1, 0.15) is 5.69 Å². The van der Waals surface area contributed by atoms with Crippen LogP contribution in [0.3, 0.4) is 0 Å². The summed E-state index contributed by atoms with van der Waals surface area (Å²) in [6, 6.07) is 17.9. The van der Waals surface area contributed by atoms with Crippen LogP contribution in [0.15, 0.2) is 70.9 Å². The van der Waals surface area contributed by atoms with Crippen LogP contribution in [-0.2, 0) is 19.5 Å². The van der Waals surface area contributed by atoms with Gasteiger partial charge in [0, 0.05) is 29.1 Å². The van der Waals surface area contributed by atoms with Crippen LogP contribution in [0, 0.1) is 17.7 Å². The normalized spacial score (nSPS) is 8.82. The largest absolute Gasteiger partial charge is 2.00 e. The van der Waals surface area contributed by atoms with Crippen molar-refractivity contribution in [3.05, 3.63) is 76.2 Å². The summed E-state index contributed by atoms with van der Waals surface area (Å²) < 4.78 is 5.57. The molecule has 0 saturated heterocycles. The number of rotatable bonds is 6. The van der Waals surface area contributed by atoms with Gasteiger partial charge in [-0.1, -0.05) is 0 Å². The van der Waals surface area contributed by atoms with Crippen molar-refractivity contribution in [2.24, 2.45) is 10.2 Å². The molecule has 0 spiro atoms. The van der Waals surface area contributed by atoms with Gasteiger partial charge in [0.25, 0.3) is 0 Å². The van der Waals surface area contributed by atoms with Crippen molar-refractivity contribution in [2.45, 2.75) is 13.8 Å². The molecule has 0 aromatic heterocycles. The standard InChI is InChI=1S/C21H19N7O.4ClH.Zn/c1-3-29-21-13-19(26-23)14(2)12-20(21)28-27-18-10-6-16(7-11-18)24-15-4-8-17(25-22)9-5-15;;;;;/h4-13,24H,3H2,1-2H3;4*1H;/q+2;;;;;+2/p-4. The number of nitrogens with one attached hydrogen (secondary N) is 1. The minimum absolute atomic E-state index is 0. The molecule has 174 valence electrons. The monoisotopic (exact) mass is 589 g/mol. The van der Waals surface area contributed by atoms with E-state index >= 15 is 0 Å². The summed E-state index contributed by atoms with van der Waals surface area (Å²) in [4.78, 5) is 6.38. The van der Waals surface area contributed by atoms with Crippen LogP contribution in [0.5, 0.6) is 5.75 Å². The van der Waals surface area contributed by atoms with Gasteiger partial charge in [0.15, 0.2) is 15.7 Å². The molecule has 3 aromatic rings. The molecule has 13 heteroatoms. The van der Waals surface area contributed by atoms with Gasteiger partial charge in [-0.3, -0.25) is 0 Å². The number of hydrogen-bond donors (Lipinski definition) is 1. The Hall–Kier alpha value is -2.52. The number of benzene rings is 3. The predicted molar refractivity (Wildman–Crippen MR) is 112 cm³/mol. The molecule has 0 fully saturated rings. The smallest absolute Gasteiger partial charge is 1.00 e. The maximum absolute atomic E-state index is 9.06. The Morgan fingerprint density at radius 1 is 0.824 bits per heavy atom. The van der Waals surface area contributed by atoms with E-state index in [0.717, 1.165) is 16.9 Å². The van der Waals surface area contributed by atoms with E-state index in [2.05, 4.69) is 25.5 Å². The van der Waals surface area contributed by atoms with Crippen LogP contribution in [-0.4, -0.2) is 6.61 Å². The molecule has 0 unspecified atom stereocenters. The number of anilines is 2. The number of nitrogens with zero attached hydrogens (tertiary/aromatic N) is 6. The van der Waals surface area contributed by atoms with Crippen molar-refractivity contribution in [1.82, 2.24) is 0 Å². The van der Waals surface area contributed by atoms with E-state index in [1.54, 1.807) is 24.3 Å². The summed E-state index contributed by atoms with van der Waals surface area (Å²) in [6.45, 7) is 4.16. The fraction of sp³-hybridized carbons (Fsp3) is 0.143. The van der Waals surface area contributed by atoms with Gasteiger partial charge in [0.05, 0.1) is 18.4 Å². The molecule has 0 atom stereocenters. The first-order valence-corrected chi connectivity index (χ1v) is 8.99. The Labute approximate surface area is 235 Å². The summed E-state index contributed by atoms with van der Waals surface area (Å²) in [5, 5.41) is 29.6. The molecule has 1 N–H and O–H groups in total. The SMILES string of the molecule is CCOc1cc([N+]#N)c(C)cc1N=Nc1ccc(Nc2ccc([N+]#N)cc2)cc1.[Cl-].[Cl-].[Cl-].[Cl-].[Zn+2]. The maximum atomic E-state index is 9.06. The van der Waals surface area contributed by atoms with E-state index in [-0.39, 0.29) is 69.1 Å². The van der Waals surface area contributed by atoms with Crippen LogP contribution in [0.2, 0.25) is 0 Å². The van der Waals surface area contributed by atoms with E-state index in [1.165, 1.54) is 0 Å². The Balaban J connectivity index is -0.00000192. The van der Waals surface area contributed by atoms with E-state index in [4.69, 9.17) is 15.5 Å². The van der Waals surface area contributed by atoms with E-state index < -0.39 is 0 Å². The minimum Gasteiger partial charge on any atom is -1.00 e. The van der Waals surface area contributed by atoms with Crippen LogP contribution in [0.1, 0.15) is 12.5 Å². The molecule has 0 bridgehead atoms. The number of halogens is 4. The summed E-state index contributed by atoms with van der Waals surface area (Å²) in [5.74, 6) is 0.506. The molecule has 0 aliphatic rings. The molecule has 34 heavy (non-hydrogen) atoms. The second kappa shape index (κ2) is 17.9. The van der Waals surface area contributed by atoms with Gasteiger partial charge in [-0.15, -0.1) is 5.11 Å². The molecule has 3 aromatic carbocycles. The Morgan fingerprint density at radius 2 is 1.38 bits per heavy atom. The number of diazo groups is 2. The molecule has 0 heterocycles. The average Bonchev–Trinajstić information content (AvgIpc) is 2.75. The number of azo groups is 1. The third-order valence-corrected chi connectivity index (χ3v) is 4.10. The molecule has 8 nitrogen and oxygen atoms in total. The zero-order valence-corrected chi connectivity index (χ0v) is 24.3. The van der Waals surface area contributed by atoms with Gasteiger partial charge < -0.3 is 59.7 Å². The molecule has 0 aliphatic carbocycles. The number of aryl methyl sites for hydroxylation is 1. The first-order chi connectivity index (χ1) is 14.1. The Bertz CT molecular complexity index is 1130. The molecular weight excluding hydrogens is 573 g/mol. The Morgan fingerprint density at radius 3 is 1.88 bits per heavy atom. The van der Waals surface area contributed by atoms with Gasteiger partial charge in [-0.25, -0.2) is 0 Å². The maximum Gasteiger partial charge on any atom is 2.00 e. The van der Waals surface area contributed by atoms with Crippen molar-refractivity contribution in [3.8, 4) is 5.75 Å². The Kier molecular flexibility index (Phi) is 19.0. The van der Waals surface area contributed by atoms with Gasteiger partial charge in [-0.05, 0) is 56.3 Å². The zero-order valence-electron chi connectivity index (χ0n) is 18.3. The van der Waals surface area contributed by atoms with Crippen LogP contribution in [0.25, 0.3) is 9.95 Å². The zero-order chi connectivity index (χ0) is 20.6. The number of ether oxygens (including phenoxy) is 1. The fourth-order valence-electron chi connectivity index (χ4n) is 2.62. The molecule has 3 rings (SSSR count). The second-order valence-electron chi connectivity index (χ2n) is 6.16. The molecule has 0 saturated carbocycles. The summed E-state index contributed by atoms with van der Waals surface area (Å²) >= 11 is 0. The summed E-state index contributed by atoms with van der Waals surface area (Å²) in [5.41, 5.74) is 4.70. The molecule has 0 radical (unpaired) electrons. The second-order valence-corrected chi connectivity index (χ2v) is 6.16. The quantitative estimate of drug-likeness (QED) is 0.177. The topological polar surface area (TPSA) is 102 Å². The average molecular weight is 593 g/mol. The first kappa shape index (κ1) is 36.1. The van der Waals surface area contributed by atoms with Crippen molar-refractivity contribution in [3.63, 3.8) is 0 Å². The summed E-state index contributed by atoms with van der Waals surface area (Å²) in [7, 11) is 0. The van der Waals surface area contributed by atoms with E-state index in [1.807, 2.05) is 50.2 Å². The molecule has 0 aliphatic heterocycles. The van der Waals surface area contributed by atoms with Gasteiger partial charge in [-0.2, -0.15) is 5.11 Å². The van der Waals surface area contributed by atoms with E-state index in [0.29, 0.717) is 35.1 Å². The minimum atomic E-state index is 0. The van der Waals surface area contributed by atoms with Crippen molar-refractivity contribution in [2.75, 3.05) is 11.9 Å². The van der Waals surface area contributed by atoms with Gasteiger partial charge >= 0.3 is 30.9 Å². The number of hydrogen-bond acceptors (Lipinski definition) is 6. The first-order valence-electron chi connectivity index (χ1n) is 8.99. The summed E-state index contributed by atoms with van der Waals surface area (Å²) in [6.07, 6.45) is 0. The van der Waals surface area contributed by atoms with Crippen LogP contribution < -0.4 is 59.7 Å². The molecule has 0 amide bonds. The third-order valence-electron chi connectivity index (χ3n) is 4.10. The van der Waals surface area contributed by atoms with Crippen molar-refractivity contribution in [1.29, 1.82) is 10.8 Å².